The molecule has 2 N–H and O–H groups in total. The van der Waals surface area contributed by atoms with Gasteiger partial charge in [-0.15, -0.1) is 0 Å². The summed E-state index contributed by atoms with van der Waals surface area (Å²) >= 11 is 0. The molecule has 9 nitrogen and oxygen atoms in total. The van der Waals surface area contributed by atoms with Gasteiger partial charge < -0.3 is 9.84 Å². The first kappa shape index (κ1) is 17.1. The van der Waals surface area contributed by atoms with Gasteiger partial charge in [-0.1, -0.05) is 0 Å². The number of nitrogens with zero attached hydrogens (tertiary/aromatic N) is 2. The van der Waals surface area contributed by atoms with E-state index in [1.54, 1.807) is 0 Å². The van der Waals surface area contributed by atoms with E-state index in [2.05, 4.69) is 14.6 Å². The van der Waals surface area contributed by atoms with E-state index in [0.29, 0.717) is 0 Å². The van der Waals surface area contributed by atoms with E-state index in [1.807, 2.05) is 0 Å². The molecule has 0 spiro atoms. The second-order valence-electron chi connectivity index (χ2n) is 4.42. The van der Waals surface area contributed by atoms with Crippen LogP contribution in [-0.2, 0) is 30.9 Å². The molecule has 21 heavy (non-hydrogen) atoms. The molecule has 1 heterocycles. The predicted octanol–water partition coefficient (Wildman–Crippen LogP) is -0.576. The topological polar surface area (TPSA) is 128 Å². The molecule has 0 amide bonds. The summed E-state index contributed by atoms with van der Waals surface area (Å²) in [5.74, 6) is -1.87. The van der Waals surface area contributed by atoms with Crippen molar-refractivity contribution < 1.29 is 27.9 Å². The third-order valence-corrected chi connectivity index (χ3v) is 4.55. The van der Waals surface area contributed by atoms with Crippen LogP contribution < -0.4 is 4.72 Å². The Morgan fingerprint density at radius 2 is 2.00 bits per heavy atom. The minimum Gasteiger partial charge on any atom is -0.480 e. The van der Waals surface area contributed by atoms with Crippen LogP contribution in [0.15, 0.2) is 4.90 Å². The van der Waals surface area contributed by atoms with E-state index in [1.165, 1.54) is 20.8 Å². The lowest BCUT2D eigenvalue weighted by atomic mass is 10.4. The molecule has 0 aliphatic heterocycles. The maximum absolute atomic E-state index is 12.3. The van der Waals surface area contributed by atoms with Gasteiger partial charge in [-0.2, -0.15) is 9.82 Å². The second kappa shape index (κ2) is 6.22. The van der Waals surface area contributed by atoms with Gasteiger partial charge in [0.05, 0.1) is 18.5 Å². The van der Waals surface area contributed by atoms with Crippen molar-refractivity contribution in [1.29, 1.82) is 0 Å². The molecule has 0 saturated carbocycles. The van der Waals surface area contributed by atoms with Crippen molar-refractivity contribution in [2.45, 2.75) is 38.3 Å². The average Bonchev–Trinajstić information content (AvgIpc) is 2.62. The summed E-state index contributed by atoms with van der Waals surface area (Å²) in [5.41, 5.74) is 0.331. The van der Waals surface area contributed by atoms with Crippen LogP contribution in [0.3, 0.4) is 0 Å². The SMILES string of the molecule is COC(=O)[C@H](C)NS(=O)(=O)c1c(C)nn(CC(=O)O)c1C. The van der Waals surface area contributed by atoms with Gasteiger partial charge in [0.2, 0.25) is 10.0 Å². The van der Waals surface area contributed by atoms with Crippen molar-refractivity contribution in [3.05, 3.63) is 11.4 Å². The van der Waals surface area contributed by atoms with Crippen molar-refractivity contribution in [2.75, 3.05) is 7.11 Å². The van der Waals surface area contributed by atoms with Gasteiger partial charge in [0.15, 0.2) is 0 Å². The zero-order chi connectivity index (χ0) is 16.4. The summed E-state index contributed by atoms with van der Waals surface area (Å²) in [6.07, 6.45) is 0. The third-order valence-electron chi connectivity index (χ3n) is 2.76. The Balaban J connectivity index is 3.17. The molecule has 0 aromatic carbocycles. The molecule has 1 atom stereocenters. The molecule has 0 unspecified atom stereocenters. The fraction of sp³-hybridized carbons (Fsp3) is 0.545. The number of carboxylic acids is 1. The summed E-state index contributed by atoms with van der Waals surface area (Å²) in [4.78, 5) is 21.9. The number of sulfonamides is 1. The largest absolute Gasteiger partial charge is 0.480 e. The molecule has 1 rings (SSSR count). The molecule has 0 saturated heterocycles. The number of aryl methyl sites for hydroxylation is 1. The van der Waals surface area contributed by atoms with Gasteiger partial charge in [0, 0.05) is 0 Å². The van der Waals surface area contributed by atoms with Crippen molar-refractivity contribution in [1.82, 2.24) is 14.5 Å². The van der Waals surface area contributed by atoms with E-state index in [4.69, 9.17) is 5.11 Å². The number of aliphatic carboxylic acids is 1. The van der Waals surface area contributed by atoms with Crippen LogP contribution in [-0.4, -0.2) is 48.4 Å². The second-order valence-corrected chi connectivity index (χ2v) is 6.07. The number of carbonyl (C=O) groups excluding carboxylic acids is 1. The minimum absolute atomic E-state index is 0.139. The quantitative estimate of drug-likeness (QED) is 0.672. The molecular weight excluding hydrogens is 302 g/mol. The Labute approximate surface area is 121 Å². The standard InChI is InChI=1S/C11H17N3O6S/c1-6-10(8(3)14(12-6)5-9(15)16)21(18,19)13-7(2)11(17)20-4/h7,13H,5H2,1-4H3,(H,15,16)/t7-/m0/s1. The Bertz CT molecular complexity index is 664. The van der Waals surface area contributed by atoms with Crippen LogP contribution in [0, 0.1) is 13.8 Å². The lowest BCUT2D eigenvalue weighted by molar-refractivity contribution is -0.142. The molecule has 1 aromatic rings. The molecular formula is C11H17N3O6S. The van der Waals surface area contributed by atoms with Crippen molar-refractivity contribution in [2.24, 2.45) is 0 Å². The fourth-order valence-electron chi connectivity index (χ4n) is 1.87. The van der Waals surface area contributed by atoms with Crippen LogP contribution in [0.25, 0.3) is 0 Å². The molecule has 1 aromatic heterocycles. The number of esters is 1. The van der Waals surface area contributed by atoms with Crippen LogP contribution in [0.2, 0.25) is 0 Å². The number of carboxylic acid groups (broad SMARTS) is 1. The maximum atomic E-state index is 12.3. The number of ether oxygens (including phenoxy) is 1. The monoisotopic (exact) mass is 319 g/mol. The van der Waals surface area contributed by atoms with Crippen molar-refractivity contribution in [3.63, 3.8) is 0 Å². The maximum Gasteiger partial charge on any atom is 0.325 e. The van der Waals surface area contributed by atoms with E-state index in [9.17, 15) is 18.0 Å². The highest BCUT2D eigenvalue weighted by Crippen LogP contribution is 2.19. The van der Waals surface area contributed by atoms with Crippen LogP contribution in [0.1, 0.15) is 18.3 Å². The van der Waals surface area contributed by atoms with Gasteiger partial charge in [-0.3, -0.25) is 14.3 Å². The van der Waals surface area contributed by atoms with Gasteiger partial charge in [0.1, 0.15) is 17.5 Å². The molecule has 0 aliphatic carbocycles. The molecule has 10 heteroatoms. The van der Waals surface area contributed by atoms with Gasteiger partial charge in [-0.05, 0) is 20.8 Å². The summed E-state index contributed by atoms with van der Waals surface area (Å²) in [5, 5.41) is 12.6. The first-order valence-electron chi connectivity index (χ1n) is 5.96. The first-order chi connectivity index (χ1) is 9.60. The minimum atomic E-state index is -4.02. The summed E-state index contributed by atoms with van der Waals surface area (Å²) in [6.45, 7) is 3.79. The summed E-state index contributed by atoms with van der Waals surface area (Å²) in [6, 6.07) is -1.07. The predicted molar refractivity (Wildman–Crippen MR) is 71.1 cm³/mol. The average molecular weight is 319 g/mol. The summed E-state index contributed by atoms with van der Waals surface area (Å²) < 4.78 is 32.3. The smallest absolute Gasteiger partial charge is 0.325 e. The van der Waals surface area contributed by atoms with Gasteiger partial charge in [-0.25, -0.2) is 8.42 Å². The van der Waals surface area contributed by atoms with Gasteiger partial charge in [0.25, 0.3) is 0 Å². The molecule has 0 fully saturated rings. The highest BCUT2D eigenvalue weighted by molar-refractivity contribution is 7.89. The van der Waals surface area contributed by atoms with Crippen LogP contribution in [0.5, 0.6) is 0 Å². The Hall–Kier alpha value is -1.94. The highest BCUT2D eigenvalue weighted by atomic mass is 32.2. The highest BCUT2D eigenvalue weighted by Gasteiger charge is 2.28. The number of rotatable bonds is 6. The van der Waals surface area contributed by atoms with Gasteiger partial charge >= 0.3 is 11.9 Å². The van der Waals surface area contributed by atoms with E-state index >= 15 is 0 Å². The van der Waals surface area contributed by atoms with Crippen molar-refractivity contribution >= 4 is 22.0 Å². The zero-order valence-corrected chi connectivity index (χ0v) is 12.9. The first-order valence-corrected chi connectivity index (χ1v) is 7.44. The molecule has 118 valence electrons. The fourth-order valence-corrected chi connectivity index (χ4v) is 3.47. The number of aromatic nitrogens is 2. The van der Waals surface area contributed by atoms with Crippen molar-refractivity contribution in [3.8, 4) is 0 Å². The number of hydrogen-bond donors (Lipinski definition) is 2. The lowest BCUT2D eigenvalue weighted by Gasteiger charge is -2.12. The van der Waals surface area contributed by atoms with Crippen LogP contribution >= 0.6 is 0 Å². The molecule has 0 bridgehead atoms. The number of methoxy groups -OCH3 is 1. The Morgan fingerprint density at radius 3 is 2.48 bits per heavy atom. The number of hydrogen-bond acceptors (Lipinski definition) is 6. The van der Waals surface area contributed by atoms with E-state index < -0.39 is 34.5 Å². The van der Waals surface area contributed by atoms with Crippen LogP contribution in [0.4, 0.5) is 0 Å². The van der Waals surface area contributed by atoms with E-state index in [-0.39, 0.29) is 16.3 Å². The molecule has 0 radical (unpaired) electrons. The number of nitrogens with one attached hydrogen (secondary N) is 1. The summed E-state index contributed by atoms with van der Waals surface area (Å²) in [7, 11) is -2.87. The normalized spacial score (nSPS) is 13.0. The Kier molecular flexibility index (Phi) is 5.07. The zero-order valence-electron chi connectivity index (χ0n) is 12.1. The Morgan fingerprint density at radius 1 is 1.43 bits per heavy atom. The number of carbonyl (C=O) groups is 2. The third kappa shape index (κ3) is 3.79. The lowest BCUT2D eigenvalue weighted by Crippen LogP contribution is -2.39. The van der Waals surface area contributed by atoms with E-state index in [0.717, 1.165) is 11.8 Å². The molecule has 0 aliphatic rings.